The number of nitrogens with one attached hydrogen (secondary N) is 1. The first-order chi connectivity index (χ1) is 7.07. The Hall–Kier alpha value is -1.06. The number of carbonyl (C=O) groups excluding carboxylic acids is 2. The highest BCUT2D eigenvalue weighted by molar-refractivity contribution is 5.82. The van der Waals surface area contributed by atoms with Crippen molar-refractivity contribution in [2.75, 3.05) is 13.7 Å². The standard InChI is InChI=1S/C7H13NO3.2C2H6/c1-5(2)7(10)8-4-6(9)11-3;2*1-2/h5H,4H2,1-3H3,(H,8,10);2*1-2H3. The van der Waals surface area contributed by atoms with Gasteiger partial charge in [0.25, 0.3) is 0 Å². The van der Waals surface area contributed by atoms with E-state index in [4.69, 9.17) is 0 Å². The minimum absolute atomic E-state index is 0.0481. The van der Waals surface area contributed by atoms with Crippen molar-refractivity contribution in [3.05, 3.63) is 0 Å². The van der Waals surface area contributed by atoms with E-state index in [1.54, 1.807) is 13.8 Å². The molecular formula is C11H25NO3. The summed E-state index contributed by atoms with van der Waals surface area (Å²) in [5, 5.41) is 2.42. The van der Waals surface area contributed by atoms with E-state index in [2.05, 4.69) is 10.1 Å². The zero-order valence-electron chi connectivity index (χ0n) is 11.0. The van der Waals surface area contributed by atoms with Gasteiger partial charge in [-0.15, -0.1) is 0 Å². The lowest BCUT2D eigenvalue weighted by Crippen LogP contribution is -2.33. The van der Waals surface area contributed by atoms with Crippen LogP contribution in [0.3, 0.4) is 0 Å². The van der Waals surface area contributed by atoms with Crippen LogP contribution in [0.4, 0.5) is 0 Å². The third kappa shape index (κ3) is 15.7. The van der Waals surface area contributed by atoms with Gasteiger partial charge in [-0.2, -0.15) is 0 Å². The van der Waals surface area contributed by atoms with Gasteiger partial charge in [0.2, 0.25) is 5.91 Å². The molecule has 0 bridgehead atoms. The summed E-state index contributed by atoms with van der Waals surface area (Å²) in [5.74, 6) is -0.672. The lowest BCUT2D eigenvalue weighted by molar-refractivity contribution is -0.141. The van der Waals surface area contributed by atoms with Crippen LogP contribution in [0.5, 0.6) is 0 Å². The van der Waals surface area contributed by atoms with E-state index < -0.39 is 5.97 Å². The Morgan fingerprint density at radius 1 is 1.13 bits per heavy atom. The average Bonchev–Trinajstić information content (AvgIpc) is 2.30. The van der Waals surface area contributed by atoms with Crippen LogP contribution in [0.1, 0.15) is 41.5 Å². The molecule has 0 heterocycles. The summed E-state index contributed by atoms with van der Waals surface area (Å²) in [6.45, 7) is 11.5. The second kappa shape index (κ2) is 15.4. The van der Waals surface area contributed by atoms with Crippen LogP contribution < -0.4 is 5.32 Å². The summed E-state index contributed by atoms with van der Waals surface area (Å²) in [6, 6.07) is 0. The molecule has 1 amide bonds. The number of esters is 1. The van der Waals surface area contributed by atoms with Crippen molar-refractivity contribution in [2.45, 2.75) is 41.5 Å². The molecule has 15 heavy (non-hydrogen) atoms. The molecule has 4 heteroatoms. The van der Waals surface area contributed by atoms with Crippen molar-refractivity contribution in [2.24, 2.45) is 5.92 Å². The molecule has 0 aromatic rings. The van der Waals surface area contributed by atoms with Gasteiger partial charge in [-0.3, -0.25) is 9.59 Å². The lowest BCUT2D eigenvalue weighted by Gasteiger charge is -2.05. The molecule has 0 unspecified atom stereocenters. The largest absolute Gasteiger partial charge is 0.468 e. The number of rotatable bonds is 3. The SMILES string of the molecule is CC.CC.COC(=O)CNC(=O)C(C)C. The van der Waals surface area contributed by atoms with Gasteiger partial charge >= 0.3 is 5.97 Å². The third-order valence-corrected chi connectivity index (χ3v) is 1.16. The number of hydrogen-bond donors (Lipinski definition) is 1. The summed E-state index contributed by atoms with van der Waals surface area (Å²) < 4.78 is 4.33. The van der Waals surface area contributed by atoms with Gasteiger partial charge in [-0.1, -0.05) is 41.5 Å². The third-order valence-electron chi connectivity index (χ3n) is 1.16. The molecule has 0 atom stereocenters. The second-order valence-corrected chi connectivity index (χ2v) is 2.45. The van der Waals surface area contributed by atoms with Gasteiger partial charge in [0.15, 0.2) is 0 Å². The van der Waals surface area contributed by atoms with Gasteiger partial charge < -0.3 is 10.1 Å². The van der Waals surface area contributed by atoms with Gasteiger partial charge in [0, 0.05) is 5.92 Å². The van der Waals surface area contributed by atoms with E-state index in [0.717, 1.165) is 0 Å². The van der Waals surface area contributed by atoms with Crippen LogP contribution in [-0.2, 0) is 14.3 Å². The first-order valence-corrected chi connectivity index (χ1v) is 5.42. The molecule has 0 aliphatic heterocycles. The molecule has 92 valence electrons. The molecule has 4 nitrogen and oxygen atoms in total. The minimum atomic E-state index is -0.431. The van der Waals surface area contributed by atoms with Crippen molar-refractivity contribution in [1.29, 1.82) is 0 Å². The van der Waals surface area contributed by atoms with Crippen molar-refractivity contribution in [1.82, 2.24) is 5.32 Å². The number of methoxy groups -OCH3 is 1. The van der Waals surface area contributed by atoms with Gasteiger partial charge in [-0.05, 0) is 0 Å². The predicted molar refractivity (Wildman–Crippen MR) is 62.6 cm³/mol. The number of ether oxygens (including phenoxy) is 1. The summed E-state index contributed by atoms with van der Waals surface area (Å²) in [4.78, 5) is 21.3. The minimum Gasteiger partial charge on any atom is -0.468 e. The van der Waals surface area contributed by atoms with E-state index in [1.807, 2.05) is 27.7 Å². The first-order valence-electron chi connectivity index (χ1n) is 5.42. The topological polar surface area (TPSA) is 55.4 Å². The Bertz CT molecular complexity index is 156. The fourth-order valence-electron chi connectivity index (χ4n) is 0.436. The van der Waals surface area contributed by atoms with E-state index in [9.17, 15) is 9.59 Å². The molecular weight excluding hydrogens is 194 g/mol. The van der Waals surface area contributed by atoms with Crippen molar-refractivity contribution in [3.8, 4) is 0 Å². The fraction of sp³-hybridized carbons (Fsp3) is 0.818. The van der Waals surface area contributed by atoms with Crippen LogP contribution in [0.25, 0.3) is 0 Å². The van der Waals surface area contributed by atoms with Crippen molar-refractivity contribution >= 4 is 11.9 Å². The molecule has 0 aliphatic rings. The average molecular weight is 219 g/mol. The van der Waals surface area contributed by atoms with Gasteiger partial charge in [-0.25, -0.2) is 0 Å². The number of amides is 1. The number of carbonyl (C=O) groups is 2. The van der Waals surface area contributed by atoms with E-state index >= 15 is 0 Å². The zero-order chi connectivity index (χ0) is 12.9. The summed E-state index contributed by atoms with van der Waals surface area (Å²) in [7, 11) is 1.28. The van der Waals surface area contributed by atoms with E-state index in [1.165, 1.54) is 7.11 Å². The molecule has 0 aromatic heterocycles. The van der Waals surface area contributed by atoms with E-state index in [-0.39, 0.29) is 18.4 Å². The smallest absolute Gasteiger partial charge is 0.325 e. The Morgan fingerprint density at radius 2 is 1.53 bits per heavy atom. The molecule has 0 saturated carbocycles. The first kappa shape index (κ1) is 19.5. The highest BCUT2D eigenvalue weighted by Gasteiger charge is 2.07. The molecule has 0 spiro atoms. The monoisotopic (exact) mass is 219 g/mol. The predicted octanol–water partition coefficient (Wildman–Crippen LogP) is 1.98. The zero-order valence-corrected chi connectivity index (χ0v) is 11.0. The molecule has 0 rings (SSSR count). The Kier molecular flexibility index (Phi) is 20.0. The maximum atomic E-state index is 10.8. The van der Waals surface area contributed by atoms with Crippen LogP contribution >= 0.6 is 0 Å². The summed E-state index contributed by atoms with van der Waals surface area (Å²) in [6.07, 6.45) is 0. The van der Waals surface area contributed by atoms with Crippen LogP contribution in [0.15, 0.2) is 0 Å². The van der Waals surface area contributed by atoms with Crippen molar-refractivity contribution in [3.63, 3.8) is 0 Å². The molecule has 0 aromatic carbocycles. The molecule has 1 N–H and O–H groups in total. The van der Waals surface area contributed by atoms with Gasteiger partial charge in [0.05, 0.1) is 7.11 Å². The van der Waals surface area contributed by atoms with Crippen LogP contribution in [0.2, 0.25) is 0 Å². The van der Waals surface area contributed by atoms with E-state index in [0.29, 0.717) is 0 Å². The van der Waals surface area contributed by atoms with Crippen LogP contribution in [-0.4, -0.2) is 25.5 Å². The maximum Gasteiger partial charge on any atom is 0.325 e. The lowest BCUT2D eigenvalue weighted by atomic mass is 10.2. The maximum absolute atomic E-state index is 10.8. The quantitative estimate of drug-likeness (QED) is 0.738. The summed E-state index contributed by atoms with van der Waals surface area (Å²) >= 11 is 0. The fourth-order valence-corrected chi connectivity index (χ4v) is 0.436. The summed E-state index contributed by atoms with van der Waals surface area (Å²) in [5.41, 5.74) is 0. The molecule has 0 aliphatic carbocycles. The molecule has 0 saturated heterocycles. The Balaban J connectivity index is -0.000000318. The molecule has 0 fully saturated rings. The van der Waals surface area contributed by atoms with Crippen molar-refractivity contribution < 1.29 is 14.3 Å². The highest BCUT2D eigenvalue weighted by atomic mass is 16.5. The van der Waals surface area contributed by atoms with Crippen LogP contribution in [0, 0.1) is 5.92 Å². The number of hydrogen-bond acceptors (Lipinski definition) is 3. The Morgan fingerprint density at radius 3 is 1.80 bits per heavy atom. The normalized spacial score (nSPS) is 7.73. The highest BCUT2D eigenvalue weighted by Crippen LogP contribution is 1.89. The van der Waals surface area contributed by atoms with Gasteiger partial charge in [0.1, 0.15) is 6.54 Å². The molecule has 0 radical (unpaired) electrons. The second-order valence-electron chi connectivity index (χ2n) is 2.45. The Labute approximate surface area is 93.4 Å².